The van der Waals surface area contributed by atoms with Gasteiger partial charge in [0.15, 0.2) is 10.8 Å². The highest BCUT2D eigenvalue weighted by atomic mass is 32.2. The number of pyridine rings is 1. The number of hydrogen-bond donors (Lipinski definition) is 2. The van der Waals surface area contributed by atoms with Gasteiger partial charge in [-0.25, -0.2) is 13.4 Å². The van der Waals surface area contributed by atoms with Gasteiger partial charge < -0.3 is 11.1 Å². The van der Waals surface area contributed by atoms with Crippen LogP contribution >= 0.6 is 0 Å². The van der Waals surface area contributed by atoms with E-state index in [4.69, 9.17) is 5.73 Å². The first kappa shape index (κ1) is 22.0. The van der Waals surface area contributed by atoms with Crippen LogP contribution in [0.15, 0.2) is 29.4 Å². The molecule has 1 fully saturated rings. The summed E-state index contributed by atoms with van der Waals surface area (Å²) in [6, 6.07) is 3.39. The van der Waals surface area contributed by atoms with E-state index in [1.54, 1.807) is 26.0 Å². The van der Waals surface area contributed by atoms with Gasteiger partial charge in [0.05, 0.1) is 12.6 Å². The number of nitrogens with one attached hydrogen (secondary N) is 1. The SMILES string of the molecule is C[C@@H](CC(N)=O)CC(=O)N[C@H]1CC[C@@H](C)N(S(=O)(=O)c2ccccn2)CC1=O. The molecule has 0 radical (unpaired) electrons. The van der Waals surface area contributed by atoms with Gasteiger partial charge in [-0.05, 0) is 37.8 Å². The fraction of sp³-hybridized carbons (Fsp3) is 0.556. The van der Waals surface area contributed by atoms with E-state index in [9.17, 15) is 22.8 Å². The standard InChI is InChI=1S/C18H26N4O5S/c1-12(9-16(19)24)10-17(25)21-14-7-6-13(2)22(11-15(14)23)28(26,27)18-5-3-4-8-20-18/h3-5,8,12-14H,6-7,9-11H2,1-2H3,(H2,19,24)(H,21,25)/t12-,13+,14-/m0/s1. The van der Waals surface area contributed by atoms with E-state index < -0.39 is 28.0 Å². The molecule has 3 N–H and O–H groups in total. The van der Waals surface area contributed by atoms with Gasteiger partial charge in [0, 0.05) is 25.1 Å². The lowest BCUT2D eigenvalue weighted by Crippen LogP contribution is -2.45. The van der Waals surface area contributed by atoms with Crippen molar-refractivity contribution in [3.05, 3.63) is 24.4 Å². The summed E-state index contributed by atoms with van der Waals surface area (Å²) in [6.07, 6.45) is 2.29. The molecule has 0 spiro atoms. The summed E-state index contributed by atoms with van der Waals surface area (Å²) in [4.78, 5) is 39.6. The fourth-order valence-corrected chi connectivity index (χ4v) is 4.77. The number of carbonyl (C=O) groups excluding carboxylic acids is 3. The third kappa shape index (κ3) is 5.59. The molecule has 1 saturated heterocycles. The predicted octanol–water partition coefficient (Wildman–Crippen LogP) is 0.210. The number of nitrogens with two attached hydrogens (primary N) is 1. The number of nitrogens with zero attached hydrogens (tertiary/aromatic N) is 2. The van der Waals surface area contributed by atoms with Crippen molar-refractivity contribution in [2.24, 2.45) is 11.7 Å². The molecule has 2 amide bonds. The molecule has 2 heterocycles. The first-order chi connectivity index (χ1) is 13.1. The monoisotopic (exact) mass is 410 g/mol. The Bertz CT molecular complexity index is 828. The van der Waals surface area contributed by atoms with Gasteiger partial charge in [-0.3, -0.25) is 14.4 Å². The predicted molar refractivity (Wildman–Crippen MR) is 101 cm³/mol. The summed E-state index contributed by atoms with van der Waals surface area (Å²) in [5.74, 6) is -1.46. The van der Waals surface area contributed by atoms with E-state index >= 15 is 0 Å². The van der Waals surface area contributed by atoms with Crippen molar-refractivity contribution in [1.82, 2.24) is 14.6 Å². The van der Waals surface area contributed by atoms with Crippen molar-refractivity contribution in [1.29, 1.82) is 0 Å². The molecule has 9 nitrogen and oxygen atoms in total. The lowest BCUT2D eigenvalue weighted by Gasteiger charge is -2.24. The summed E-state index contributed by atoms with van der Waals surface area (Å²) in [6.45, 7) is 3.12. The van der Waals surface area contributed by atoms with Crippen LogP contribution in [0.2, 0.25) is 0 Å². The average molecular weight is 410 g/mol. The maximum atomic E-state index is 12.9. The largest absolute Gasteiger partial charge is 0.370 e. The number of aromatic nitrogens is 1. The number of hydrogen-bond acceptors (Lipinski definition) is 6. The first-order valence-electron chi connectivity index (χ1n) is 9.14. The minimum Gasteiger partial charge on any atom is -0.370 e. The average Bonchev–Trinajstić information content (AvgIpc) is 2.75. The number of carbonyl (C=O) groups is 3. The summed E-state index contributed by atoms with van der Waals surface area (Å²) in [5.41, 5.74) is 5.12. The summed E-state index contributed by atoms with van der Waals surface area (Å²) < 4.78 is 26.8. The van der Waals surface area contributed by atoms with E-state index in [1.165, 1.54) is 12.3 Å². The summed E-state index contributed by atoms with van der Waals surface area (Å²) in [5, 5.41) is 2.55. The first-order valence-corrected chi connectivity index (χ1v) is 10.6. The second-order valence-corrected chi connectivity index (χ2v) is 9.05. The normalized spacial score (nSPS) is 22.3. The zero-order chi connectivity index (χ0) is 20.9. The second kappa shape index (κ2) is 9.24. The third-order valence-electron chi connectivity index (χ3n) is 4.69. The van der Waals surface area contributed by atoms with E-state index in [1.807, 2.05) is 0 Å². The molecule has 2 rings (SSSR count). The van der Waals surface area contributed by atoms with Gasteiger partial charge in [-0.1, -0.05) is 13.0 Å². The Kier molecular flexibility index (Phi) is 7.25. The van der Waals surface area contributed by atoms with Crippen LogP contribution in [0.4, 0.5) is 0 Å². The highest BCUT2D eigenvalue weighted by Gasteiger charge is 2.37. The molecule has 0 unspecified atom stereocenters. The van der Waals surface area contributed by atoms with Gasteiger partial charge in [0.1, 0.15) is 0 Å². The molecule has 0 bridgehead atoms. The summed E-state index contributed by atoms with van der Waals surface area (Å²) >= 11 is 0. The van der Waals surface area contributed by atoms with Crippen LogP contribution in [-0.2, 0) is 24.4 Å². The van der Waals surface area contributed by atoms with Crippen molar-refractivity contribution >= 4 is 27.6 Å². The second-order valence-electron chi connectivity index (χ2n) is 7.21. The molecule has 0 aromatic carbocycles. The number of rotatable bonds is 7. The Morgan fingerprint density at radius 1 is 1.32 bits per heavy atom. The number of amides is 2. The van der Waals surface area contributed by atoms with Gasteiger partial charge in [-0.2, -0.15) is 4.31 Å². The lowest BCUT2D eigenvalue weighted by atomic mass is 10.0. The van der Waals surface area contributed by atoms with E-state index in [0.717, 1.165) is 4.31 Å². The molecule has 10 heteroatoms. The number of ketones is 1. The lowest BCUT2D eigenvalue weighted by molar-refractivity contribution is -0.128. The minimum atomic E-state index is -3.91. The van der Waals surface area contributed by atoms with Crippen LogP contribution in [0.25, 0.3) is 0 Å². The quantitative estimate of drug-likeness (QED) is 0.659. The molecule has 1 aromatic rings. The smallest absolute Gasteiger partial charge is 0.261 e. The zero-order valence-corrected chi connectivity index (χ0v) is 16.8. The molecule has 0 aliphatic carbocycles. The van der Waals surface area contributed by atoms with E-state index in [2.05, 4.69) is 10.3 Å². The summed E-state index contributed by atoms with van der Waals surface area (Å²) in [7, 11) is -3.91. The fourth-order valence-electron chi connectivity index (χ4n) is 3.21. The Labute approximate surface area is 164 Å². The minimum absolute atomic E-state index is 0.0677. The molecule has 1 aliphatic rings. The van der Waals surface area contributed by atoms with Crippen LogP contribution in [0.5, 0.6) is 0 Å². The molecule has 28 heavy (non-hydrogen) atoms. The number of sulfonamides is 1. The molecule has 0 saturated carbocycles. The van der Waals surface area contributed by atoms with Crippen LogP contribution < -0.4 is 11.1 Å². The van der Waals surface area contributed by atoms with Gasteiger partial charge >= 0.3 is 0 Å². The van der Waals surface area contributed by atoms with E-state index in [0.29, 0.717) is 12.8 Å². The Hall–Kier alpha value is -2.33. The van der Waals surface area contributed by atoms with Gasteiger partial charge in [0.2, 0.25) is 11.8 Å². The molecule has 1 aromatic heterocycles. The van der Waals surface area contributed by atoms with E-state index in [-0.39, 0.29) is 42.0 Å². The van der Waals surface area contributed by atoms with Crippen molar-refractivity contribution in [3.63, 3.8) is 0 Å². The van der Waals surface area contributed by atoms with Crippen LogP contribution in [-0.4, -0.2) is 53.9 Å². The maximum Gasteiger partial charge on any atom is 0.261 e. The van der Waals surface area contributed by atoms with Crippen LogP contribution in [0, 0.1) is 5.92 Å². The highest BCUT2D eigenvalue weighted by Crippen LogP contribution is 2.22. The molecular formula is C18H26N4O5S. The topological polar surface area (TPSA) is 140 Å². The molecule has 3 atom stereocenters. The number of primary amides is 1. The molecule has 1 aliphatic heterocycles. The van der Waals surface area contributed by atoms with Crippen molar-refractivity contribution < 1.29 is 22.8 Å². The Balaban J connectivity index is 2.07. The Morgan fingerprint density at radius 2 is 2.04 bits per heavy atom. The highest BCUT2D eigenvalue weighted by molar-refractivity contribution is 7.89. The van der Waals surface area contributed by atoms with Crippen molar-refractivity contribution in [3.8, 4) is 0 Å². The van der Waals surface area contributed by atoms with Crippen molar-refractivity contribution in [2.75, 3.05) is 6.54 Å². The zero-order valence-electron chi connectivity index (χ0n) is 16.0. The van der Waals surface area contributed by atoms with Crippen molar-refractivity contribution in [2.45, 2.75) is 56.6 Å². The van der Waals surface area contributed by atoms with Gasteiger partial charge in [0.25, 0.3) is 10.0 Å². The molecule has 154 valence electrons. The molecular weight excluding hydrogens is 384 g/mol. The van der Waals surface area contributed by atoms with Crippen LogP contribution in [0.3, 0.4) is 0 Å². The third-order valence-corrected chi connectivity index (χ3v) is 6.57. The van der Waals surface area contributed by atoms with Crippen LogP contribution in [0.1, 0.15) is 39.5 Å². The maximum absolute atomic E-state index is 12.9. The number of Topliss-reactive ketones (excluding diaryl/α,β-unsaturated/α-hetero) is 1. The Morgan fingerprint density at radius 3 is 2.64 bits per heavy atom. The van der Waals surface area contributed by atoms with Gasteiger partial charge in [-0.15, -0.1) is 0 Å².